The molecule has 0 spiro atoms. The van der Waals surface area contributed by atoms with Crippen LogP contribution >= 0.6 is 0 Å². The Hall–Kier alpha value is -1.58. The van der Waals surface area contributed by atoms with E-state index >= 15 is 0 Å². The van der Waals surface area contributed by atoms with Gasteiger partial charge in [0.05, 0.1) is 0 Å². The molecule has 68 valence electrons. The molecule has 0 heterocycles. The van der Waals surface area contributed by atoms with Gasteiger partial charge in [-0.05, 0) is 6.08 Å². The number of likely N-dealkylation sites (N-methyl/N-ethyl adjacent to an activating group) is 1. The fourth-order valence-corrected chi connectivity index (χ4v) is 0.183. The molecule has 0 aliphatic rings. The van der Waals surface area contributed by atoms with Crippen LogP contribution in [0.3, 0.4) is 0 Å². The van der Waals surface area contributed by atoms with E-state index in [0.717, 1.165) is 6.08 Å². The molecular weight excluding hydrogens is 158 g/mol. The Balaban J connectivity index is 0. The minimum Gasteiger partial charge on any atom is -0.478 e. The number of rotatable bonds is 2. The lowest BCUT2D eigenvalue weighted by atomic mass is 10.5. The number of amides is 1. The van der Waals surface area contributed by atoms with Crippen molar-refractivity contribution in [3.63, 3.8) is 0 Å². The molecule has 0 bridgehead atoms. The van der Waals surface area contributed by atoms with Gasteiger partial charge in [0.1, 0.15) is 0 Å². The molecule has 0 fully saturated rings. The van der Waals surface area contributed by atoms with Gasteiger partial charge in [0.25, 0.3) is 0 Å². The van der Waals surface area contributed by atoms with Crippen molar-refractivity contribution in [1.82, 2.24) is 4.90 Å². The summed E-state index contributed by atoms with van der Waals surface area (Å²) < 4.78 is 0. The molecule has 0 aromatic rings. The predicted molar refractivity (Wildman–Crippen MR) is 46.7 cm³/mol. The zero-order valence-electron chi connectivity index (χ0n) is 7.28. The third-order valence-electron chi connectivity index (χ3n) is 0.790. The van der Waals surface area contributed by atoms with Gasteiger partial charge in [-0.3, -0.25) is 4.79 Å². The minimum absolute atomic E-state index is 0.0556. The van der Waals surface area contributed by atoms with Crippen LogP contribution in [0.2, 0.25) is 0 Å². The van der Waals surface area contributed by atoms with Crippen LogP contribution in [0.5, 0.6) is 0 Å². The second-order valence-corrected chi connectivity index (χ2v) is 1.98. The van der Waals surface area contributed by atoms with Crippen molar-refractivity contribution >= 4 is 11.9 Å². The van der Waals surface area contributed by atoms with E-state index < -0.39 is 5.97 Å². The Labute approximate surface area is 71.8 Å². The molecule has 0 aliphatic carbocycles. The lowest BCUT2D eigenvalue weighted by molar-refractivity contribution is -0.131. The maximum Gasteiger partial charge on any atom is 0.327 e. The number of carboxylic acids is 1. The molecule has 0 aromatic carbocycles. The largest absolute Gasteiger partial charge is 0.478 e. The summed E-state index contributed by atoms with van der Waals surface area (Å²) in [6.45, 7) is 6.25. The second-order valence-electron chi connectivity index (χ2n) is 1.98. The summed E-state index contributed by atoms with van der Waals surface area (Å²) in [7, 11) is 3.37. The number of nitrogens with zero attached hydrogens (tertiary/aromatic N) is 1. The van der Waals surface area contributed by atoms with Crippen LogP contribution in [-0.2, 0) is 9.59 Å². The van der Waals surface area contributed by atoms with Crippen molar-refractivity contribution in [1.29, 1.82) is 0 Å². The lowest BCUT2D eigenvalue weighted by Gasteiger charge is -2.03. The lowest BCUT2D eigenvalue weighted by Crippen LogP contribution is -2.18. The van der Waals surface area contributed by atoms with Gasteiger partial charge >= 0.3 is 5.97 Å². The zero-order valence-corrected chi connectivity index (χ0v) is 7.28. The van der Waals surface area contributed by atoms with Gasteiger partial charge in [-0.15, -0.1) is 0 Å². The fourth-order valence-electron chi connectivity index (χ4n) is 0.183. The normalized spacial score (nSPS) is 7.17. The van der Waals surface area contributed by atoms with E-state index in [1.165, 1.54) is 11.0 Å². The summed E-state index contributed by atoms with van der Waals surface area (Å²) in [6, 6.07) is 0. The van der Waals surface area contributed by atoms with Crippen LogP contribution in [0, 0.1) is 0 Å². The smallest absolute Gasteiger partial charge is 0.327 e. The monoisotopic (exact) mass is 171 g/mol. The topological polar surface area (TPSA) is 57.6 Å². The number of carboxylic acid groups (broad SMARTS) is 1. The van der Waals surface area contributed by atoms with Crippen LogP contribution < -0.4 is 0 Å². The Morgan fingerprint density at radius 1 is 1.25 bits per heavy atom. The Bertz CT molecular complexity index is 185. The third-order valence-corrected chi connectivity index (χ3v) is 0.790. The molecule has 4 nitrogen and oxygen atoms in total. The maximum absolute atomic E-state index is 10.3. The SMILES string of the molecule is C=CC(=O)N(C)C.C=CC(=O)O. The number of carbonyl (C=O) groups excluding carboxylic acids is 1. The Morgan fingerprint density at radius 3 is 1.58 bits per heavy atom. The molecular formula is C8H13NO3. The van der Waals surface area contributed by atoms with Gasteiger partial charge in [0.2, 0.25) is 5.91 Å². The second kappa shape index (κ2) is 7.53. The van der Waals surface area contributed by atoms with Gasteiger partial charge in [-0.2, -0.15) is 0 Å². The van der Waals surface area contributed by atoms with Crippen molar-refractivity contribution in [3.8, 4) is 0 Å². The molecule has 12 heavy (non-hydrogen) atoms. The number of aliphatic carboxylic acids is 1. The van der Waals surface area contributed by atoms with Crippen molar-refractivity contribution in [2.75, 3.05) is 14.1 Å². The molecule has 0 rings (SSSR count). The number of carbonyl (C=O) groups is 2. The average molecular weight is 171 g/mol. The molecule has 0 radical (unpaired) electrons. The molecule has 0 unspecified atom stereocenters. The molecule has 0 saturated carbocycles. The van der Waals surface area contributed by atoms with E-state index in [0.29, 0.717) is 0 Å². The first-order valence-corrected chi connectivity index (χ1v) is 3.14. The van der Waals surface area contributed by atoms with E-state index in [2.05, 4.69) is 13.2 Å². The molecule has 1 N–H and O–H groups in total. The minimum atomic E-state index is -0.981. The van der Waals surface area contributed by atoms with Crippen LogP contribution in [0.25, 0.3) is 0 Å². The van der Waals surface area contributed by atoms with Gasteiger partial charge in [-0.25, -0.2) is 4.79 Å². The van der Waals surface area contributed by atoms with Crippen molar-refractivity contribution < 1.29 is 14.7 Å². The van der Waals surface area contributed by atoms with Crippen molar-refractivity contribution in [2.45, 2.75) is 0 Å². The molecule has 0 aromatic heterocycles. The standard InChI is InChI=1S/C5H9NO.C3H4O2/c1-4-5(7)6(2)3;1-2-3(4)5/h4H,1H2,2-3H3;2H,1H2,(H,4,5). The van der Waals surface area contributed by atoms with Gasteiger partial charge in [0.15, 0.2) is 0 Å². The molecule has 1 amide bonds. The van der Waals surface area contributed by atoms with Crippen molar-refractivity contribution in [3.05, 3.63) is 25.3 Å². The summed E-state index contributed by atoms with van der Waals surface area (Å²) >= 11 is 0. The van der Waals surface area contributed by atoms with Crippen molar-refractivity contribution in [2.24, 2.45) is 0 Å². The first kappa shape index (κ1) is 13.0. The van der Waals surface area contributed by atoms with E-state index in [1.807, 2.05) is 0 Å². The Kier molecular flexibility index (Phi) is 8.18. The highest BCUT2D eigenvalue weighted by Gasteiger charge is 1.91. The average Bonchev–Trinajstić information content (AvgIpc) is 2.04. The number of hydrogen-bond donors (Lipinski definition) is 1. The van der Waals surface area contributed by atoms with E-state index in [4.69, 9.17) is 5.11 Å². The van der Waals surface area contributed by atoms with Crippen LogP contribution in [0.4, 0.5) is 0 Å². The number of hydrogen-bond acceptors (Lipinski definition) is 2. The highest BCUT2D eigenvalue weighted by Crippen LogP contribution is 1.74. The van der Waals surface area contributed by atoms with E-state index in [1.54, 1.807) is 14.1 Å². The van der Waals surface area contributed by atoms with E-state index in [-0.39, 0.29) is 5.91 Å². The summed E-state index contributed by atoms with van der Waals surface area (Å²) in [5.41, 5.74) is 0. The maximum atomic E-state index is 10.3. The molecule has 0 atom stereocenters. The molecule has 4 heteroatoms. The van der Waals surface area contributed by atoms with Gasteiger partial charge < -0.3 is 10.0 Å². The highest BCUT2D eigenvalue weighted by atomic mass is 16.4. The molecule has 0 aliphatic heterocycles. The van der Waals surface area contributed by atoms with E-state index in [9.17, 15) is 9.59 Å². The zero-order chi connectivity index (χ0) is 10.1. The first-order chi connectivity index (χ1) is 5.45. The Morgan fingerprint density at radius 2 is 1.58 bits per heavy atom. The summed E-state index contributed by atoms with van der Waals surface area (Å²) in [5, 5.41) is 7.60. The van der Waals surface area contributed by atoms with Gasteiger partial charge in [0, 0.05) is 20.2 Å². The fraction of sp³-hybridized carbons (Fsp3) is 0.250. The quantitative estimate of drug-likeness (QED) is 0.616. The summed E-state index contributed by atoms with van der Waals surface area (Å²) in [5.74, 6) is -1.04. The third kappa shape index (κ3) is 11.2. The van der Waals surface area contributed by atoms with Crippen LogP contribution in [-0.4, -0.2) is 36.0 Å². The van der Waals surface area contributed by atoms with Gasteiger partial charge in [-0.1, -0.05) is 13.2 Å². The molecule has 0 saturated heterocycles. The predicted octanol–water partition coefficient (Wildman–Crippen LogP) is 0.518. The van der Waals surface area contributed by atoms with Crippen LogP contribution in [0.15, 0.2) is 25.3 Å². The first-order valence-electron chi connectivity index (χ1n) is 3.14. The summed E-state index contributed by atoms with van der Waals surface area (Å²) in [6.07, 6.45) is 2.11. The van der Waals surface area contributed by atoms with Crippen LogP contribution in [0.1, 0.15) is 0 Å². The highest BCUT2D eigenvalue weighted by molar-refractivity contribution is 5.86. The summed E-state index contributed by atoms with van der Waals surface area (Å²) in [4.78, 5) is 21.0.